The van der Waals surface area contributed by atoms with Crippen LogP contribution in [0.2, 0.25) is 0 Å². The Morgan fingerprint density at radius 1 is 1.53 bits per heavy atom. The summed E-state index contributed by atoms with van der Waals surface area (Å²) < 4.78 is 0. The molecule has 1 fully saturated rings. The molecule has 1 aliphatic rings. The lowest BCUT2D eigenvalue weighted by molar-refractivity contribution is 0.00204. The Bertz CT molecular complexity index is 331. The molecule has 0 amide bonds. The van der Waals surface area contributed by atoms with Crippen molar-refractivity contribution in [1.82, 2.24) is 5.32 Å². The maximum absolute atomic E-state index is 10.3. The van der Waals surface area contributed by atoms with Crippen molar-refractivity contribution in [1.29, 1.82) is 0 Å². The van der Waals surface area contributed by atoms with Crippen molar-refractivity contribution in [3.05, 3.63) is 17.5 Å². The Labute approximate surface area is 107 Å². The van der Waals surface area contributed by atoms with Gasteiger partial charge in [0, 0.05) is 19.6 Å². The van der Waals surface area contributed by atoms with Gasteiger partial charge in [0.25, 0.3) is 0 Å². The molecule has 4 heteroatoms. The van der Waals surface area contributed by atoms with Gasteiger partial charge in [-0.3, -0.25) is 0 Å². The smallest absolute Gasteiger partial charge is 0.0908 e. The van der Waals surface area contributed by atoms with Crippen LogP contribution < -0.4 is 10.2 Å². The first-order chi connectivity index (χ1) is 8.14. The van der Waals surface area contributed by atoms with Crippen molar-refractivity contribution < 1.29 is 5.11 Å². The van der Waals surface area contributed by atoms with E-state index >= 15 is 0 Å². The molecular weight excluding hydrogens is 232 g/mol. The quantitative estimate of drug-likeness (QED) is 0.863. The minimum Gasteiger partial charge on any atom is -0.389 e. The topological polar surface area (TPSA) is 35.5 Å². The van der Waals surface area contributed by atoms with Crippen LogP contribution in [0.25, 0.3) is 0 Å². The van der Waals surface area contributed by atoms with Gasteiger partial charge in [-0.2, -0.15) is 0 Å². The fraction of sp³-hybridized carbons (Fsp3) is 0.692. The molecule has 0 spiro atoms. The van der Waals surface area contributed by atoms with Crippen LogP contribution in [-0.4, -0.2) is 37.4 Å². The van der Waals surface area contributed by atoms with Gasteiger partial charge < -0.3 is 15.3 Å². The van der Waals surface area contributed by atoms with Gasteiger partial charge >= 0.3 is 0 Å². The maximum Gasteiger partial charge on any atom is 0.0908 e. The van der Waals surface area contributed by atoms with E-state index in [0.29, 0.717) is 12.6 Å². The first kappa shape index (κ1) is 12.9. The molecule has 2 N–H and O–H groups in total. The van der Waals surface area contributed by atoms with E-state index in [1.54, 1.807) is 11.3 Å². The summed E-state index contributed by atoms with van der Waals surface area (Å²) in [6, 6.07) is 4.83. The van der Waals surface area contributed by atoms with E-state index in [2.05, 4.69) is 34.8 Å². The summed E-state index contributed by atoms with van der Waals surface area (Å²) in [7, 11) is 4.07. The molecule has 0 atom stereocenters. The van der Waals surface area contributed by atoms with E-state index in [0.717, 1.165) is 25.7 Å². The second kappa shape index (κ2) is 5.38. The van der Waals surface area contributed by atoms with Crippen LogP contribution >= 0.6 is 11.3 Å². The molecule has 1 aromatic rings. The molecule has 0 radical (unpaired) electrons. The number of aliphatic hydroxyl groups is 1. The first-order valence-corrected chi connectivity index (χ1v) is 7.16. The highest BCUT2D eigenvalue weighted by atomic mass is 32.1. The Balaban J connectivity index is 1.91. The number of hydrogen-bond acceptors (Lipinski definition) is 4. The Morgan fingerprint density at radius 3 is 2.76 bits per heavy atom. The second-order valence-electron chi connectivity index (χ2n) is 5.05. The van der Waals surface area contributed by atoms with E-state index in [9.17, 15) is 5.11 Å². The summed E-state index contributed by atoms with van der Waals surface area (Å²) in [5.41, 5.74) is -0.485. The number of hydrogen-bond donors (Lipinski definition) is 2. The van der Waals surface area contributed by atoms with Gasteiger partial charge in [-0.15, -0.1) is 11.3 Å². The third kappa shape index (κ3) is 3.00. The fourth-order valence-electron chi connectivity index (χ4n) is 2.68. The number of nitrogens with one attached hydrogen (secondary N) is 1. The monoisotopic (exact) mass is 254 g/mol. The molecule has 1 aliphatic carbocycles. The van der Waals surface area contributed by atoms with Gasteiger partial charge in [-0.25, -0.2) is 0 Å². The Hall–Kier alpha value is -0.580. The first-order valence-electron chi connectivity index (χ1n) is 6.28. The molecule has 1 aromatic heterocycles. The number of likely N-dealkylation sites (N-methyl/N-ethyl adjacent to an activating group) is 1. The Kier molecular flexibility index (Phi) is 4.07. The zero-order valence-electron chi connectivity index (χ0n) is 10.6. The van der Waals surface area contributed by atoms with Crippen molar-refractivity contribution in [2.45, 2.75) is 37.3 Å². The molecule has 0 saturated heterocycles. The normalized spacial score (nSPS) is 29.2. The van der Waals surface area contributed by atoms with Gasteiger partial charge in [0.1, 0.15) is 0 Å². The van der Waals surface area contributed by atoms with Gasteiger partial charge in [0.05, 0.1) is 10.6 Å². The van der Waals surface area contributed by atoms with E-state index in [-0.39, 0.29) is 0 Å². The van der Waals surface area contributed by atoms with Crippen LogP contribution in [-0.2, 0) is 0 Å². The molecule has 0 bridgehead atoms. The lowest BCUT2D eigenvalue weighted by Crippen LogP contribution is -2.46. The summed E-state index contributed by atoms with van der Waals surface area (Å²) >= 11 is 1.79. The molecule has 3 nitrogen and oxygen atoms in total. The predicted octanol–water partition coefficient (Wildman–Crippen LogP) is 2.08. The third-order valence-electron chi connectivity index (χ3n) is 3.79. The largest absolute Gasteiger partial charge is 0.389 e. The lowest BCUT2D eigenvalue weighted by atomic mass is 9.81. The fourth-order valence-corrected chi connectivity index (χ4v) is 3.45. The molecule has 1 saturated carbocycles. The summed E-state index contributed by atoms with van der Waals surface area (Å²) in [5.74, 6) is 0. The van der Waals surface area contributed by atoms with Crippen molar-refractivity contribution in [2.75, 3.05) is 25.5 Å². The van der Waals surface area contributed by atoms with Gasteiger partial charge in [-0.1, -0.05) is 0 Å². The average molecular weight is 254 g/mol. The van der Waals surface area contributed by atoms with Gasteiger partial charge in [0.15, 0.2) is 0 Å². The summed E-state index contributed by atoms with van der Waals surface area (Å²) in [4.78, 5) is 2.36. The molecule has 0 aliphatic heterocycles. The predicted molar refractivity (Wildman–Crippen MR) is 73.9 cm³/mol. The summed E-state index contributed by atoms with van der Waals surface area (Å²) in [5, 5.41) is 16.9. The van der Waals surface area contributed by atoms with Crippen LogP contribution in [0.3, 0.4) is 0 Å². The molecule has 1 heterocycles. The Morgan fingerprint density at radius 2 is 2.24 bits per heavy atom. The highest BCUT2D eigenvalue weighted by Crippen LogP contribution is 2.33. The molecular formula is C13H22N2OS. The zero-order chi connectivity index (χ0) is 12.3. The minimum atomic E-state index is -0.485. The third-order valence-corrected chi connectivity index (χ3v) is 4.75. The van der Waals surface area contributed by atoms with E-state index in [1.807, 2.05) is 7.05 Å². The summed E-state index contributed by atoms with van der Waals surface area (Å²) in [6.45, 7) is 0.711. The lowest BCUT2D eigenvalue weighted by Gasteiger charge is -2.39. The number of nitrogens with zero attached hydrogens (tertiary/aromatic N) is 1. The van der Waals surface area contributed by atoms with Gasteiger partial charge in [0.2, 0.25) is 0 Å². The molecule has 17 heavy (non-hydrogen) atoms. The van der Waals surface area contributed by atoms with Crippen LogP contribution in [0.5, 0.6) is 0 Å². The summed E-state index contributed by atoms with van der Waals surface area (Å²) in [6.07, 6.45) is 3.95. The van der Waals surface area contributed by atoms with Crippen molar-refractivity contribution in [3.8, 4) is 0 Å². The van der Waals surface area contributed by atoms with E-state index < -0.39 is 5.60 Å². The molecule has 2 rings (SSSR count). The van der Waals surface area contributed by atoms with E-state index in [1.165, 1.54) is 5.00 Å². The highest BCUT2D eigenvalue weighted by Gasteiger charge is 2.34. The van der Waals surface area contributed by atoms with Gasteiger partial charge in [-0.05, 0) is 50.2 Å². The van der Waals surface area contributed by atoms with Crippen molar-refractivity contribution >= 4 is 16.3 Å². The highest BCUT2D eigenvalue weighted by molar-refractivity contribution is 7.14. The van der Waals surface area contributed by atoms with Crippen LogP contribution in [0.1, 0.15) is 25.7 Å². The van der Waals surface area contributed by atoms with E-state index in [4.69, 9.17) is 0 Å². The van der Waals surface area contributed by atoms with Crippen LogP contribution in [0, 0.1) is 0 Å². The zero-order valence-corrected chi connectivity index (χ0v) is 11.5. The number of thiophene rings is 1. The van der Waals surface area contributed by atoms with Crippen LogP contribution in [0.15, 0.2) is 17.5 Å². The molecule has 0 unspecified atom stereocenters. The maximum atomic E-state index is 10.3. The average Bonchev–Trinajstić information content (AvgIpc) is 2.82. The minimum absolute atomic E-state index is 0.485. The SMILES string of the molecule is CNCC1(O)CCC(N(C)c2cccs2)CC1. The molecule has 0 aromatic carbocycles. The number of anilines is 1. The van der Waals surface area contributed by atoms with Crippen LogP contribution in [0.4, 0.5) is 5.00 Å². The standard InChI is InChI=1S/C13H22N2OS/c1-14-10-13(16)7-5-11(6-8-13)15(2)12-4-3-9-17-12/h3-4,9,11,14,16H,5-8,10H2,1-2H3. The van der Waals surface area contributed by atoms with Crippen molar-refractivity contribution in [2.24, 2.45) is 0 Å². The number of rotatable bonds is 4. The molecule has 96 valence electrons. The second-order valence-corrected chi connectivity index (χ2v) is 5.97. The van der Waals surface area contributed by atoms with Crippen molar-refractivity contribution in [3.63, 3.8) is 0 Å².